The second-order valence-corrected chi connectivity index (χ2v) is 6.24. The number of rotatable bonds is 7. The molecule has 1 heterocycles. The highest BCUT2D eigenvalue weighted by Gasteiger charge is 2.10. The van der Waals surface area contributed by atoms with Gasteiger partial charge in [0.15, 0.2) is 0 Å². The fraction of sp³-hybridized carbons (Fsp3) is 0.444. The normalized spacial score (nSPS) is 12.5. The Kier molecular flexibility index (Phi) is 5.65. The van der Waals surface area contributed by atoms with Gasteiger partial charge in [0.05, 0.1) is 0 Å². The van der Waals surface area contributed by atoms with E-state index in [4.69, 9.17) is 0 Å². The van der Waals surface area contributed by atoms with Crippen LogP contribution in [0.3, 0.4) is 0 Å². The fourth-order valence-corrected chi connectivity index (χ4v) is 3.45. The molecule has 1 heteroatoms. The van der Waals surface area contributed by atoms with Crippen LogP contribution in [0.5, 0.6) is 0 Å². The summed E-state index contributed by atoms with van der Waals surface area (Å²) in [6.07, 6.45) is 6.65. The van der Waals surface area contributed by atoms with Crippen LogP contribution in [0, 0.1) is 0 Å². The van der Waals surface area contributed by atoms with E-state index >= 15 is 0 Å². The zero-order chi connectivity index (χ0) is 13.5. The van der Waals surface area contributed by atoms with Gasteiger partial charge < -0.3 is 0 Å². The minimum atomic E-state index is 0.524. The van der Waals surface area contributed by atoms with Gasteiger partial charge in [-0.1, -0.05) is 63.4 Å². The van der Waals surface area contributed by atoms with E-state index in [1.54, 1.807) is 0 Å². The summed E-state index contributed by atoms with van der Waals surface area (Å²) >= 11 is 1.92. The molecule has 1 unspecified atom stereocenters. The molecule has 1 aromatic carbocycles. The maximum absolute atomic E-state index is 2.41. The van der Waals surface area contributed by atoms with Crippen LogP contribution in [0.2, 0.25) is 0 Å². The van der Waals surface area contributed by atoms with E-state index in [1.165, 1.54) is 48.1 Å². The Morgan fingerprint density at radius 3 is 2.58 bits per heavy atom. The first-order chi connectivity index (χ1) is 9.31. The van der Waals surface area contributed by atoms with Crippen molar-refractivity contribution >= 4 is 11.3 Å². The molecule has 0 radical (unpaired) electrons. The molecule has 1 aromatic heterocycles. The molecule has 102 valence electrons. The lowest BCUT2D eigenvalue weighted by molar-refractivity contribution is 0.667. The Balaban J connectivity index is 1.93. The van der Waals surface area contributed by atoms with Gasteiger partial charge in [-0.05, 0) is 35.4 Å². The number of benzene rings is 1. The zero-order valence-corrected chi connectivity index (χ0v) is 12.9. The van der Waals surface area contributed by atoms with E-state index in [0.29, 0.717) is 5.92 Å². The van der Waals surface area contributed by atoms with Gasteiger partial charge in [0.2, 0.25) is 0 Å². The first-order valence-electron chi connectivity index (χ1n) is 7.43. The summed E-state index contributed by atoms with van der Waals surface area (Å²) in [5.74, 6) is 0.524. The van der Waals surface area contributed by atoms with Crippen LogP contribution in [0.25, 0.3) is 0 Å². The summed E-state index contributed by atoms with van der Waals surface area (Å²) in [7, 11) is 0. The summed E-state index contributed by atoms with van der Waals surface area (Å²) in [5.41, 5.74) is 2.95. The first kappa shape index (κ1) is 14.3. The van der Waals surface area contributed by atoms with E-state index in [9.17, 15) is 0 Å². The molecule has 0 amide bonds. The quantitative estimate of drug-likeness (QED) is 0.540. The van der Waals surface area contributed by atoms with Crippen molar-refractivity contribution in [3.63, 3.8) is 0 Å². The number of aryl methyl sites for hydroxylation is 1. The van der Waals surface area contributed by atoms with Crippen LogP contribution >= 0.6 is 11.3 Å². The Morgan fingerprint density at radius 1 is 1.05 bits per heavy atom. The Bertz CT molecular complexity index is 469. The minimum Gasteiger partial charge on any atom is -0.148 e. The fourth-order valence-electron chi connectivity index (χ4n) is 2.41. The van der Waals surface area contributed by atoms with Gasteiger partial charge in [0.25, 0.3) is 0 Å². The van der Waals surface area contributed by atoms with Crippen LogP contribution in [0.4, 0.5) is 0 Å². The van der Waals surface area contributed by atoms with E-state index in [-0.39, 0.29) is 0 Å². The van der Waals surface area contributed by atoms with Gasteiger partial charge >= 0.3 is 0 Å². The number of hydrogen-bond donors (Lipinski definition) is 0. The van der Waals surface area contributed by atoms with Crippen molar-refractivity contribution in [3.8, 4) is 0 Å². The molecule has 0 aliphatic heterocycles. The van der Waals surface area contributed by atoms with Crippen molar-refractivity contribution in [2.24, 2.45) is 0 Å². The molecule has 0 bridgehead atoms. The second kappa shape index (κ2) is 7.49. The molecule has 19 heavy (non-hydrogen) atoms. The molecule has 0 saturated carbocycles. The maximum atomic E-state index is 2.41. The molecule has 0 saturated heterocycles. The molecular weight excluding hydrogens is 248 g/mol. The molecule has 0 N–H and O–H groups in total. The van der Waals surface area contributed by atoms with Gasteiger partial charge in [-0.2, -0.15) is 0 Å². The number of unbranched alkanes of at least 4 members (excludes halogenated alkanes) is 3. The highest BCUT2D eigenvalue weighted by atomic mass is 32.1. The second-order valence-electron chi connectivity index (χ2n) is 5.30. The summed E-state index contributed by atoms with van der Waals surface area (Å²) < 4.78 is 0. The highest BCUT2D eigenvalue weighted by Crippen LogP contribution is 2.29. The summed E-state index contributed by atoms with van der Waals surface area (Å²) in [4.78, 5) is 1.50. The first-order valence-corrected chi connectivity index (χ1v) is 8.31. The average molecular weight is 272 g/mol. The molecular formula is C18H24S. The van der Waals surface area contributed by atoms with Gasteiger partial charge in [0.1, 0.15) is 0 Å². The van der Waals surface area contributed by atoms with E-state index in [2.05, 4.69) is 55.6 Å². The van der Waals surface area contributed by atoms with Crippen LogP contribution in [-0.2, 0) is 6.42 Å². The van der Waals surface area contributed by atoms with Crippen LogP contribution < -0.4 is 0 Å². The SMILES string of the molecule is CCCCCCc1csc(C(C)c2ccccc2)c1. The summed E-state index contributed by atoms with van der Waals surface area (Å²) in [6.45, 7) is 4.58. The summed E-state index contributed by atoms with van der Waals surface area (Å²) in [6, 6.07) is 13.2. The van der Waals surface area contributed by atoms with Crippen molar-refractivity contribution in [3.05, 3.63) is 57.8 Å². The molecule has 0 aliphatic rings. The van der Waals surface area contributed by atoms with Crippen LogP contribution in [0.1, 0.15) is 61.5 Å². The minimum absolute atomic E-state index is 0.524. The van der Waals surface area contributed by atoms with Crippen LogP contribution in [-0.4, -0.2) is 0 Å². The molecule has 2 aromatic rings. The zero-order valence-electron chi connectivity index (χ0n) is 12.1. The van der Waals surface area contributed by atoms with Gasteiger partial charge in [-0.3, -0.25) is 0 Å². The Labute approximate surface area is 121 Å². The summed E-state index contributed by atoms with van der Waals surface area (Å²) in [5, 5.41) is 2.35. The van der Waals surface area contributed by atoms with Gasteiger partial charge in [-0.15, -0.1) is 11.3 Å². The van der Waals surface area contributed by atoms with E-state index in [1.807, 2.05) is 11.3 Å². The van der Waals surface area contributed by atoms with Gasteiger partial charge in [-0.25, -0.2) is 0 Å². The Morgan fingerprint density at radius 2 is 1.84 bits per heavy atom. The topological polar surface area (TPSA) is 0 Å². The standard InChI is InChI=1S/C18H24S/c1-3-4-5-7-10-16-13-18(19-14-16)15(2)17-11-8-6-9-12-17/h6,8-9,11-15H,3-5,7,10H2,1-2H3. The lowest BCUT2D eigenvalue weighted by Crippen LogP contribution is -1.92. The van der Waals surface area contributed by atoms with Crippen molar-refractivity contribution in [1.29, 1.82) is 0 Å². The third kappa shape index (κ3) is 4.21. The Hall–Kier alpha value is -1.08. The lowest BCUT2D eigenvalue weighted by atomic mass is 9.99. The van der Waals surface area contributed by atoms with Crippen molar-refractivity contribution in [2.75, 3.05) is 0 Å². The molecule has 0 fully saturated rings. The average Bonchev–Trinajstić information content (AvgIpc) is 2.92. The predicted molar refractivity (Wildman–Crippen MR) is 86.1 cm³/mol. The largest absolute Gasteiger partial charge is 0.148 e. The van der Waals surface area contributed by atoms with Gasteiger partial charge in [0, 0.05) is 10.8 Å². The predicted octanol–water partition coefficient (Wildman–Crippen LogP) is 6.02. The number of thiophene rings is 1. The van der Waals surface area contributed by atoms with Crippen molar-refractivity contribution in [1.82, 2.24) is 0 Å². The molecule has 2 rings (SSSR count). The number of hydrogen-bond acceptors (Lipinski definition) is 1. The van der Waals surface area contributed by atoms with Crippen LogP contribution in [0.15, 0.2) is 41.8 Å². The lowest BCUT2D eigenvalue weighted by Gasteiger charge is -2.09. The highest BCUT2D eigenvalue weighted by molar-refractivity contribution is 7.10. The van der Waals surface area contributed by atoms with E-state index in [0.717, 1.165) is 0 Å². The van der Waals surface area contributed by atoms with E-state index < -0.39 is 0 Å². The molecule has 0 nitrogen and oxygen atoms in total. The smallest absolute Gasteiger partial charge is 0.0155 e. The maximum Gasteiger partial charge on any atom is 0.0155 e. The van der Waals surface area contributed by atoms with Crippen molar-refractivity contribution in [2.45, 2.75) is 51.9 Å². The van der Waals surface area contributed by atoms with Crippen molar-refractivity contribution < 1.29 is 0 Å². The third-order valence-corrected chi connectivity index (χ3v) is 4.88. The molecule has 0 aliphatic carbocycles. The monoisotopic (exact) mass is 272 g/mol. The molecule has 1 atom stereocenters. The molecule has 0 spiro atoms. The third-order valence-electron chi connectivity index (χ3n) is 3.72.